The molecule has 2 amide bonds. The smallest absolute Gasteiger partial charge is 0.322 e. The Labute approximate surface area is 139 Å². The van der Waals surface area contributed by atoms with Crippen molar-refractivity contribution in [2.24, 2.45) is 0 Å². The highest BCUT2D eigenvalue weighted by Crippen LogP contribution is 2.18. The van der Waals surface area contributed by atoms with Gasteiger partial charge in [-0.2, -0.15) is 4.98 Å². The molecule has 0 fully saturated rings. The van der Waals surface area contributed by atoms with Crippen LogP contribution < -0.4 is 10.6 Å². The fourth-order valence-corrected chi connectivity index (χ4v) is 2.48. The van der Waals surface area contributed by atoms with Crippen LogP contribution in [-0.2, 0) is 0 Å². The van der Waals surface area contributed by atoms with Crippen LogP contribution in [0.3, 0.4) is 0 Å². The average Bonchev–Trinajstić information content (AvgIpc) is 3.01. The first-order chi connectivity index (χ1) is 11.8. The maximum atomic E-state index is 12.3. The van der Waals surface area contributed by atoms with Crippen molar-refractivity contribution in [1.29, 1.82) is 0 Å². The van der Waals surface area contributed by atoms with Gasteiger partial charge in [0.15, 0.2) is 5.65 Å². The predicted molar refractivity (Wildman–Crippen MR) is 90.6 cm³/mol. The number of amides is 2. The second-order valence-electron chi connectivity index (χ2n) is 5.37. The summed E-state index contributed by atoms with van der Waals surface area (Å²) < 4.78 is 1.59. The third kappa shape index (κ3) is 3.88. The van der Waals surface area contributed by atoms with Crippen LogP contribution in [0, 0.1) is 0 Å². The molecule has 0 saturated carbocycles. The Morgan fingerprint density at radius 1 is 1.17 bits per heavy atom. The lowest BCUT2D eigenvalue weighted by molar-refractivity contribution is 0.243. The van der Waals surface area contributed by atoms with Crippen molar-refractivity contribution >= 4 is 17.6 Å². The predicted octanol–water partition coefficient (Wildman–Crippen LogP) is 2.36. The number of nitrogens with zero attached hydrogens (tertiary/aromatic N) is 3. The number of benzene rings is 1. The molecule has 7 nitrogen and oxygen atoms in total. The molecule has 0 saturated heterocycles. The molecule has 24 heavy (non-hydrogen) atoms. The van der Waals surface area contributed by atoms with Gasteiger partial charge < -0.3 is 10.4 Å². The van der Waals surface area contributed by atoms with Gasteiger partial charge in [-0.1, -0.05) is 36.4 Å². The van der Waals surface area contributed by atoms with Crippen molar-refractivity contribution in [3.05, 3.63) is 60.3 Å². The van der Waals surface area contributed by atoms with E-state index in [0.29, 0.717) is 18.5 Å². The summed E-state index contributed by atoms with van der Waals surface area (Å²) in [5.74, 6) is 0.243. The van der Waals surface area contributed by atoms with E-state index in [2.05, 4.69) is 20.7 Å². The highest BCUT2D eigenvalue weighted by molar-refractivity contribution is 5.87. The average molecular weight is 325 g/mol. The van der Waals surface area contributed by atoms with E-state index in [4.69, 9.17) is 5.11 Å². The molecular formula is C17H19N5O2. The molecule has 0 aliphatic heterocycles. The molecule has 2 aromatic heterocycles. The van der Waals surface area contributed by atoms with Gasteiger partial charge >= 0.3 is 6.03 Å². The lowest BCUT2D eigenvalue weighted by Crippen LogP contribution is -2.33. The van der Waals surface area contributed by atoms with Gasteiger partial charge in [-0.15, -0.1) is 5.10 Å². The number of carbonyl (C=O) groups excluding carboxylic acids is 1. The number of aliphatic hydroxyl groups is 1. The summed E-state index contributed by atoms with van der Waals surface area (Å²) >= 11 is 0. The summed E-state index contributed by atoms with van der Waals surface area (Å²) in [5.41, 5.74) is 1.65. The highest BCUT2D eigenvalue weighted by atomic mass is 16.3. The molecule has 3 aromatic rings. The summed E-state index contributed by atoms with van der Waals surface area (Å²) in [6.07, 6.45) is 3.01. The number of fused-ring (bicyclic) bond motifs is 1. The van der Waals surface area contributed by atoms with Crippen LogP contribution in [0.1, 0.15) is 24.4 Å². The molecule has 2 heterocycles. The number of aliphatic hydroxyl groups excluding tert-OH is 1. The van der Waals surface area contributed by atoms with Gasteiger partial charge in [0.05, 0.1) is 6.04 Å². The van der Waals surface area contributed by atoms with Crippen molar-refractivity contribution < 1.29 is 9.90 Å². The van der Waals surface area contributed by atoms with Crippen molar-refractivity contribution in [3.63, 3.8) is 0 Å². The molecule has 0 aliphatic carbocycles. The zero-order valence-corrected chi connectivity index (χ0v) is 13.1. The number of carbonyl (C=O) groups is 1. The number of pyridine rings is 1. The van der Waals surface area contributed by atoms with Crippen molar-refractivity contribution in [2.75, 3.05) is 11.9 Å². The summed E-state index contributed by atoms with van der Waals surface area (Å²) in [7, 11) is 0. The van der Waals surface area contributed by atoms with Crippen LogP contribution in [-0.4, -0.2) is 32.3 Å². The second-order valence-corrected chi connectivity index (χ2v) is 5.37. The first-order valence-electron chi connectivity index (χ1n) is 7.81. The van der Waals surface area contributed by atoms with E-state index in [1.165, 1.54) is 0 Å². The van der Waals surface area contributed by atoms with Crippen LogP contribution >= 0.6 is 0 Å². The molecule has 0 radical (unpaired) electrons. The van der Waals surface area contributed by atoms with Crippen LogP contribution in [0.2, 0.25) is 0 Å². The zero-order chi connectivity index (χ0) is 16.8. The summed E-state index contributed by atoms with van der Waals surface area (Å²) in [4.78, 5) is 16.5. The van der Waals surface area contributed by atoms with Crippen LogP contribution in [0.4, 0.5) is 10.7 Å². The lowest BCUT2D eigenvalue weighted by Gasteiger charge is -2.18. The molecule has 0 aliphatic rings. The van der Waals surface area contributed by atoms with Gasteiger partial charge in [-0.25, -0.2) is 9.31 Å². The Morgan fingerprint density at radius 2 is 1.96 bits per heavy atom. The Hall–Kier alpha value is -2.93. The second kappa shape index (κ2) is 7.56. The number of aromatic nitrogens is 3. The van der Waals surface area contributed by atoms with Gasteiger partial charge in [-0.05, 0) is 30.5 Å². The first kappa shape index (κ1) is 15.9. The lowest BCUT2D eigenvalue weighted by atomic mass is 10.0. The normalized spacial score (nSPS) is 12.0. The maximum absolute atomic E-state index is 12.3. The molecule has 0 bridgehead atoms. The van der Waals surface area contributed by atoms with E-state index in [1.807, 2.05) is 48.5 Å². The minimum atomic E-state index is -0.377. The van der Waals surface area contributed by atoms with E-state index in [0.717, 1.165) is 5.56 Å². The van der Waals surface area contributed by atoms with E-state index >= 15 is 0 Å². The van der Waals surface area contributed by atoms with Gasteiger partial charge in [0.1, 0.15) is 0 Å². The van der Waals surface area contributed by atoms with Gasteiger partial charge in [0, 0.05) is 12.8 Å². The van der Waals surface area contributed by atoms with E-state index in [9.17, 15) is 4.79 Å². The third-order valence-corrected chi connectivity index (χ3v) is 3.62. The number of hydrogen-bond donors (Lipinski definition) is 3. The molecule has 3 N–H and O–H groups in total. The fourth-order valence-electron chi connectivity index (χ4n) is 2.48. The molecule has 3 rings (SSSR count). The number of urea groups is 1. The maximum Gasteiger partial charge on any atom is 0.322 e. The molecule has 7 heteroatoms. The molecule has 124 valence electrons. The van der Waals surface area contributed by atoms with Crippen LogP contribution in [0.5, 0.6) is 0 Å². The van der Waals surface area contributed by atoms with Crippen LogP contribution in [0.25, 0.3) is 5.65 Å². The number of nitrogens with one attached hydrogen (secondary N) is 2. The Morgan fingerprint density at radius 3 is 2.71 bits per heavy atom. The van der Waals surface area contributed by atoms with Crippen molar-refractivity contribution in [2.45, 2.75) is 18.9 Å². The summed E-state index contributed by atoms with van der Waals surface area (Å²) in [6, 6.07) is 14.6. The topological polar surface area (TPSA) is 91.6 Å². The van der Waals surface area contributed by atoms with Crippen LogP contribution in [0.15, 0.2) is 54.7 Å². The summed E-state index contributed by atoms with van der Waals surface area (Å²) in [6.45, 7) is 0.0840. The van der Waals surface area contributed by atoms with Gasteiger partial charge in [0.25, 0.3) is 5.95 Å². The van der Waals surface area contributed by atoms with E-state index in [-0.39, 0.29) is 24.6 Å². The highest BCUT2D eigenvalue weighted by Gasteiger charge is 2.15. The third-order valence-electron chi connectivity index (χ3n) is 3.62. The quantitative estimate of drug-likeness (QED) is 0.649. The Bertz CT molecular complexity index is 770. The Balaban J connectivity index is 1.68. The molecular weight excluding hydrogens is 306 g/mol. The summed E-state index contributed by atoms with van der Waals surface area (Å²) in [5, 5.41) is 18.8. The SMILES string of the molecule is O=C(Nc1nc2ccccn2n1)N[C@@H](CCCO)c1ccccc1. The van der Waals surface area contributed by atoms with Crippen molar-refractivity contribution in [3.8, 4) is 0 Å². The van der Waals surface area contributed by atoms with Gasteiger partial charge in [0.2, 0.25) is 0 Å². The monoisotopic (exact) mass is 325 g/mol. The Kier molecular flexibility index (Phi) is 5.02. The standard InChI is InChI=1S/C17H19N5O2/c23-12-6-9-14(13-7-2-1-3-8-13)18-17(24)20-16-19-15-10-4-5-11-22(15)21-16/h1-5,7-8,10-11,14,23H,6,9,12H2,(H2,18,20,21,24)/t14-/m0/s1. The minimum Gasteiger partial charge on any atom is -0.396 e. The van der Waals surface area contributed by atoms with E-state index < -0.39 is 0 Å². The number of hydrogen-bond acceptors (Lipinski definition) is 4. The first-order valence-corrected chi connectivity index (χ1v) is 7.81. The zero-order valence-electron chi connectivity index (χ0n) is 13.1. The molecule has 0 spiro atoms. The minimum absolute atomic E-state index is 0.0840. The number of anilines is 1. The fraction of sp³-hybridized carbons (Fsp3) is 0.235. The van der Waals surface area contributed by atoms with Gasteiger partial charge in [-0.3, -0.25) is 5.32 Å². The molecule has 0 unspecified atom stereocenters. The molecule has 1 atom stereocenters. The van der Waals surface area contributed by atoms with E-state index in [1.54, 1.807) is 10.7 Å². The number of rotatable bonds is 6. The molecule has 1 aromatic carbocycles. The van der Waals surface area contributed by atoms with Crippen molar-refractivity contribution in [1.82, 2.24) is 19.9 Å². The largest absolute Gasteiger partial charge is 0.396 e.